The van der Waals surface area contributed by atoms with Crippen LogP contribution in [0.1, 0.15) is 11.1 Å². The first-order valence-corrected chi connectivity index (χ1v) is 5.71. The molecule has 0 unspecified atom stereocenters. The Morgan fingerprint density at radius 3 is 2.44 bits per heavy atom. The highest BCUT2D eigenvalue weighted by molar-refractivity contribution is 5.63. The van der Waals surface area contributed by atoms with E-state index in [1.54, 1.807) is 12.4 Å². The second-order valence-electron chi connectivity index (χ2n) is 4.11. The molecule has 0 spiro atoms. The predicted octanol–water partition coefficient (Wildman–Crippen LogP) is 2.70. The average molecular weight is 238 g/mol. The second kappa shape index (κ2) is 5.28. The molecule has 0 saturated carbocycles. The van der Waals surface area contributed by atoms with Crippen LogP contribution in [0, 0.1) is 25.2 Å². The van der Waals surface area contributed by atoms with Crippen LogP contribution < -0.4 is 5.32 Å². The van der Waals surface area contributed by atoms with Crippen LogP contribution in [0.3, 0.4) is 0 Å². The molecule has 2 aromatic rings. The Hall–Kier alpha value is -2.41. The van der Waals surface area contributed by atoms with Crippen molar-refractivity contribution in [3.05, 3.63) is 41.7 Å². The van der Waals surface area contributed by atoms with Gasteiger partial charge in [0.1, 0.15) is 6.54 Å². The van der Waals surface area contributed by atoms with Crippen molar-refractivity contribution in [1.82, 2.24) is 9.97 Å². The first kappa shape index (κ1) is 12.1. The first-order chi connectivity index (χ1) is 8.70. The molecular weight excluding hydrogens is 224 g/mol. The maximum atomic E-state index is 8.45. The Morgan fingerprint density at radius 1 is 1.11 bits per heavy atom. The second-order valence-corrected chi connectivity index (χ2v) is 4.11. The number of nitriles is 1. The van der Waals surface area contributed by atoms with Gasteiger partial charge in [0.25, 0.3) is 0 Å². The molecule has 2 rings (SSSR count). The summed E-state index contributed by atoms with van der Waals surface area (Å²) in [5.74, 6) is 0.476. The van der Waals surface area contributed by atoms with Crippen molar-refractivity contribution in [3.63, 3.8) is 0 Å². The van der Waals surface area contributed by atoms with E-state index in [-0.39, 0.29) is 6.54 Å². The zero-order chi connectivity index (χ0) is 13.0. The highest BCUT2D eigenvalue weighted by Crippen LogP contribution is 2.21. The maximum absolute atomic E-state index is 8.45. The highest BCUT2D eigenvalue weighted by atomic mass is 15.1. The Morgan fingerprint density at radius 2 is 1.83 bits per heavy atom. The van der Waals surface area contributed by atoms with Crippen molar-refractivity contribution in [1.29, 1.82) is 5.26 Å². The summed E-state index contributed by atoms with van der Waals surface area (Å²) in [6, 6.07) is 8.26. The van der Waals surface area contributed by atoms with Gasteiger partial charge in [-0.3, -0.25) is 0 Å². The first-order valence-electron chi connectivity index (χ1n) is 5.71. The lowest BCUT2D eigenvalue weighted by Gasteiger charge is -2.06. The molecule has 0 radical (unpaired) electrons. The van der Waals surface area contributed by atoms with E-state index in [0.717, 1.165) is 11.1 Å². The molecular formula is C14H14N4. The molecule has 0 saturated heterocycles. The fourth-order valence-corrected chi connectivity index (χ4v) is 1.61. The molecule has 18 heavy (non-hydrogen) atoms. The molecule has 0 aliphatic heterocycles. The number of hydrogen-bond acceptors (Lipinski definition) is 4. The number of aromatic nitrogens is 2. The molecule has 0 aliphatic rings. The fourth-order valence-electron chi connectivity index (χ4n) is 1.61. The Kier molecular flexibility index (Phi) is 3.54. The Bertz CT molecular complexity index is 582. The molecule has 1 heterocycles. The molecule has 0 bridgehead atoms. The minimum atomic E-state index is 0.211. The van der Waals surface area contributed by atoms with Gasteiger partial charge in [-0.2, -0.15) is 5.26 Å². The van der Waals surface area contributed by atoms with Crippen molar-refractivity contribution in [3.8, 4) is 17.2 Å². The number of nitrogens with zero attached hydrogens (tertiary/aromatic N) is 3. The van der Waals surface area contributed by atoms with Gasteiger partial charge in [0.15, 0.2) is 0 Å². The molecule has 0 fully saturated rings. The summed E-state index contributed by atoms with van der Waals surface area (Å²) in [5, 5.41) is 11.3. The minimum absolute atomic E-state index is 0.211. The van der Waals surface area contributed by atoms with Crippen molar-refractivity contribution >= 4 is 5.95 Å². The topological polar surface area (TPSA) is 61.6 Å². The number of aryl methyl sites for hydroxylation is 2. The summed E-state index contributed by atoms with van der Waals surface area (Å²) in [7, 11) is 0. The number of benzene rings is 1. The van der Waals surface area contributed by atoms with Gasteiger partial charge in [-0.1, -0.05) is 18.2 Å². The lowest BCUT2D eigenvalue weighted by molar-refractivity contribution is 1.12. The van der Waals surface area contributed by atoms with Gasteiger partial charge < -0.3 is 5.32 Å². The quantitative estimate of drug-likeness (QED) is 0.835. The lowest BCUT2D eigenvalue weighted by Crippen LogP contribution is -2.02. The highest BCUT2D eigenvalue weighted by Gasteiger charge is 2.01. The van der Waals surface area contributed by atoms with Gasteiger partial charge in [-0.15, -0.1) is 0 Å². The smallest absolute Gasteiger partial charge is 0.223 e. The summed E-state index contributed by atoms with van der Waals surface area (Å²) in [6.07, 6.45) is 3.52. The lowest BCUT2D eigenvalue weighted by atomic mass is 10.0. The standard InChI is InChI=1S/C14H14N4/c1-10-3-4-12(7-11(10)2)13-8-17-14(18-9-13)16-6-5-15/h3-4,7-9H,6H2,1-2H3,(H,16,17,18). The third-order valence-electron chi connectivity index (χ3n) is 2.82. The summed E-state index contributed by atoms with van der Waals surface area (Å²) in [5.41, 5.74) is 4.59. The Labute approximate surface area is 106 Å². The molecule has 0 amide bonds. The molecule has 1 aromatic carbocycles. The van der Waals surface area contributed by atoms with Crippen LogP contribution in [-0.2, 0) is 0 Å². The zero-order valence-corrected chi connectivity index (χ0v) is 10.4. The SMILES string of the molecule is Cc1ccc(-c2cnc(NCC#N)nc2)cc1C. The van der Waals surface area contributed by atoms with Gasteiger partial charge in [-0.25, -0.2) is 9.97 Å². The van der Waals surface area contributed by atoms with Crippen LogP contribution in [0.5, 0.6) is 0 Å². The van der Waals surface area contributed by atoms with E-state index in [2.05, 4.69) is 47.3 Å². The summed E-state index contributed by atoms with van der Waals surface area (Å²) in [6.45, 7) is 4.38. The van der Waals surface area contributed by atoms with E-state index < -0.39 is 0 Å². The van der Waals surface area contributed by atoms with Crippen LogP contribution >= 0.6 is 0 Å². The molecule has 4 nitrogen and oxygen atoms in total. The van der Waals surface area contributed by atoms with E-state index in [9.17, 15) is 0 Å². The van der Waals surface area contributed by atoms with Gasteiger partial charge >= 0.3 is 0 Å². The van der Waals surface area contributed by atoms with Gasteiger partial charge in [0.2, 0.25) is 5.95 Å². The third-order valence-corrected chi connectivity index (χ3v) is 2.82. The molecule has 0 atom stereocenters. The number of anilines is 1. The largest absolute Gasteiger partial charge is 0.341 e. The van der Waals surface area contributed by atoms with Crippen molar-refractivity contribution < 1.29 is 0 Å². The van der Waals surface area contributed by atoms with Crippen molar-refractivity contribution in [2.45, 2.75) is 13.8 Å². The van der Waals surface area contributed by atoms with Gasteiger partial charge in [0, 0.05) is 18.0 Å². The van der Waals surface area contributed by atoms with E-state index in [1.165, 1.54) is 11.1 Å². The molecule has 1 N–H and O–H groups in total. The maximum Gasteiger partial charge on any atom is 0.223 e. The monoisotopic (exact) mass is 238 g/mol. The fraction of sp³-hybridized carbons (Fsp3) is 0.214. The van der Waals surface area contributed by atoms with Crippen molar-refractivity contribution in [2.75, 3.05) is 11.9 Å². The molecule has 90 valence electrons. The van der Waals surface area contributed by atoms with Crippen LogP contribution in [-0.4, -0.2) is 16.5 Å². The van der Waals surface area contributed by atoms with Gasteiger partial charge in [-0.05, 0) is 30.5 Å². The van der Waals surface area contributed by atoms with Crippen LogP contribution in [0.15, 0.2) is 30.6 Å². The minimum Gasteiger partial charge on any atom is -0.341 e. The molecule has 1 aromatic heterocycles. The van der Waals surface area contributed by atoms with E-state index in [0.29, 0.717) is 5.95 Å². The third kappa shape index (κ3) is 2.64. The van der Waals surface area contributed by atoms with E-state index in [4.69, 9.17) is 5.26 Å². The normalized spacial score (nSPS) is 9.83. The number of hydrogen-bond donors (Lipinski definition) is 1. The van der Waals surface area contributed by atoms with E-state index >= 15 is 0 Å². The van der Waals surface area contributed by atoms with Crippen LogP contribution in [0.2, 0.25) is 0 Å². The van der Waals surface area contributed by atoms with Gasteiger partial charge in [0.05, 0.1) is 6.07 Å². The number of rotatable bonds is 3. The Balaban J connectivity index is 2.23. The number of nitrogens with one attached hydrogen (secondary N) is 1. The summed E-state index contributed by atoms with van der Waals surface area (Å²) < 4.78 is 0. The summed E-state index contributed by atoms with van der Waals surface area (Å²) in [4.78, 5) is 8.34. The van der Waals surface area contributed by atoms with Crippen LogP contribution in [0.4, 0.5) is 5.95 Å². The van der Waals surface area contributed by atoms with Crippen LogP contribution in [0.25, 0.3) is 11.1 Å². The van der Waals surface area contributed by atoms with E-state index in [1.807, 2.05) is 6.07 Å². The van der Waals surface area contributed by atoms with Crippen molar-refractivity contribution in [2.24, 2.45) is 0 Å². The molecule has 0 aliphatic carbocycles. The zero-order valence-electron chi connectivity index (χ0n) is 10.4. The molecule has 4 heteroatoms. The predicted molar refractivity (Wildman–Crippen MR) is 71.0 cm³/mol. The summed E-state index contributed by atoms with van der Waals surface area (Å²) >= 11 is 0. The average Bonchev–Trinajstić information content (AvgIpc) is 2.40.